The van der Waals surface area contributed by atoms with Crippen LogP contribution in [-0.4, -0.2) is 18.3 Å². The first-order chi connectivity index (χ1) is 17.6. The van der Waals surface area contributed by atoms with Gasteiger partial charge in [0, 0.05) is 22.2 Å². The number of halogens is 2. The number of sulfone groups is 1. The van der Waals surface area contributed by atoms with Crippen molar-refractivity contribution in [1.82, 2.24) is 0 Å². The average Bonchev–Trinajstić information content (AvgIpc) is 2.86. The molecule has 0 saturated carbocycles. The smallest absolute Gasteiger partial charge is 0.258 e. The minimum absolute atomic E-state index is 0.181. The van der Waals surface area contributed by atoms with Crippen LogP contribution in [0.1, 0.15) is 11.1 Å². The molecular formula is C26H18Cl2N2O6S. The lowest BCUT2D eigenvalue weighted by atomic mass is 9.99. The van der Waals surface area contributed by atoms with Crippen molar-refractivity contribution in [1.29, 1.82) is 0 Å². The van der Waals surface area contributed by atoms with Crippen LogP contribution in [0.3, 0.4) is 0 Å². The van der Waals surface area contributed by atoms with E-state index >= 15 is 0 Å². The molecule has 0 atom stereocenters. The predicted molar refractivity (Wildman–Crippen MR) is 143 cm³/mol. The Labute approximate surface area is 222 Å². The van der Waals surface area contributed by atoms with Gasteiger partial charge in [-0.3, -0.25) is 20.2 Å². The molecule has 37 heavy (non-hydrogen) atoms. The van der Waals surface area contributed by atoms with Crippen molar-refractivity contribution in [2.24, 2.45) is 0 Å². The number of para-hydroxylation sites is 2. The van der Waals surface area contributed by atoms with Gasteiger partial charge in [-0.1, -0.05) is 59.6 Å². The highest BCUT2D eigenvalue weighted by Crippen LogP contribution is 2.37. The summed E-state index contributed by atoms with van der Waals surface area (Å²) in [6, 6.07) is 21.1. The maximum Gasteiger partial charge on any atom is 0.277 e. The molecule has 0 aliphatic heterocycles. The fraction of sp³-hybridized carbons (Fsp3) is 0.0769. The van der Waals surface area contributed by atoms with Gasteiger partial charge >= 0.3 is 0 Å². The first kappa shape index (κ1) is 26.3. The highest BCUT2D eigenvalue weighted by atomic mass is 35.5. The number of nitrogens with zero attached hydrogens (tertiary/aromatic N) is 2. The summed E-state index contributed by atoms with van der Waals surface area (Å²) in [5, 5.41) is 23.8. The largest absolute Gasteiger partial charge is 0.277 e. The molecule has 0 radical (unpaired) electrons. The second-order valence-corrected chi connectivity index (χ2v) is 11.1. The summed E-state index contributed by atoms with van der Waals surface area (Å²) in [6.07, 6.45) is 0. The molecule has 0 amide bonds. The lowest BCUT2D eigenvalue weighted by Crippen LogP contribution is -2.10. The third kappa shape index (κ3) is 5.96. The number of nitro groups is 2. The number of hydrogen-bond donors (Lipinski definition) is 0. The lowest BCUT2D eigenvalue weighted by Gasteiger charge is -2.14. The van der Waals surface area contributed by atoms with Gasteiger partial charge in [0.05, 0.1) is 32.5 Å². The van der Waals surface area contributed by atoms with Crippen LogP contribution in [-0.2, 0) is 21.3 Å². The van der Waals surface area contributed by atoms with E-state index in [1.165, 1.54) is 72.8 Å². The van der Waals surface area contributed by atoms with Crippen LogP contribution < -0.4 is 0 Å². The molecule has 4 aromatic carbocycles. The Kier molecular flexibility index (Phi) is 7.58. The molecule has 0 unspecified atom stereocenters. The fourth-order valence-corrected chi connectivity index (χ4v) is 5.99. The molecule has 4 aromatic rings. The predicted octanol–water partition coefficient (Wildman–Crippen LogP) is 7.26. The lowest BCUT2D eigenvalue weighted by molar-refractivity contribution is -0.384. The number of rotatable bonds is 8. The van der Waals surface area contributed by atoms with Crippen molar-refractivity contribution in [3.63, 3.8) is 0 Å². The Bertz CT molecular complexity index is 1530. The first-order valence-corrected chi connectivity index (χ1v) is 13.4. The third-order valence-electron chi connectivity index (χ3n) is 5.68. The maximum atomic E-state index is 13.4. The van der Waals surface area contributed by atoms with E-state index in [-0.39, 0.29) is 22.5 Å². The zero-order valence-corrected chi connectivity index (χ0v) is 21.3. The molecule has 188 valence electrons. The summed E-state index contributed by atoms with van der Waals surface area (Å²) in [4.78, 5) is 22.1. The second-order valence-electron chi connectivity index (χ2n) is 8.18. The molecule has 0 aromatic heterocycles. The Morgan fingerprint density at radius 3 is 1.35 bits per heavy atom. The second kappa shape index (κ2) is 10.7. The zero-order valence-electron chi connectivity index (χ0n) is 19.0. The quantitative estimate of drug-likeness (QED) is 0.166. The van der Waals surface area contributed by atoms with Crippen molar-refractivity contribution in [2.45, 2.75) is 11.5 Å². The van der Waals surface area contributed by atoms with Gasteiger partial charge in [-0.2, -0.15) is 0 Å². The minimum Gasteiger partial charge on any atom is -0.258 e. The zero-order chi connectivity index (χ0) is 26.7. The third-order valence-corrected chi connectivity index (χ3v) is 7.65. The monoisotopic (exact) mass is 556 g/mol. The average molecular weight is 557 g/mol. The van der Waals surface area contributed by atoms with Crippen LogP contribution >= 0.6 is 23.2 Å². The molecule has 0 spiro atoms. The fourth-order valence-electron chi connectivity index (χ4n) is 4.10. The van der Waals surface area contributed by atoms with Crippen LogP contribution in [0.4, 0.5) is 11.4 Å². The van der Waals surface area contributed by atoms with E-state index < -0.39 is 31.2 Å². The summed E-state index contributed by atoms with van der Waals surface area (Å²) >= 11 is 12.3. The van der Waals surface area contributed by atoms with Gasteiger partial charge in [-0.25, -0.2) is 8.42 Å². The van der Waals surface area contributed by atoms with Gasteiger partial charge in [0.15, 0.2) is 9.84 Å². The minimum atomic E-state index is -3.87. The Morgan fingerprint density at radius 2 is 0.973 bits per heavy atom. The highest BCUT2D eigenvalue weighted by Gasteiger charge is 2.24. The Balaban J connectivity index is 1.76. The molecule has 0 heterocycles. The summed E-state index contributed by atoms with van der Waals surface area (Å²) in [5.41, 5.74) is 1.45. The van der Waals surface area contributed by atoms with E-state index in [4.69, 9.17) is 23.2 Å². The van der Waals surface area contributed by atoms with Crippen molar-refractivity contribution < 1.29 is 18.3 Å². The normalized spacial score (nSPS) is 11.3. The SMILES string of the molecule is O=[N+]([O-])c1ccccc1-c1cc(Cl)ccc1CS(=O)(=O)Cc1ccc(Cl)cc1-c1ccccc1[N+](=O)[O-]. The van der Waals surface area contributed by atoms with Crippen LogP contribution in [0.5, 0.6) is 0 Å². The van der Waals surface area contributed by atoms with Crippen molar-refractivity contribution >= 4 is 44.4 Å². The van der Waals surface area contributed by atoms with E-state index in [1.54, 1.807) is 12.1 Å². The van der Waals surface area contributed by atoms with Crippen LogP contribution in [0.2, 0.25) is 10.0 Å². The Hall–Kier alpha value is -3.79. The summed E-state index contributed by atoms with van der Waals surface area (Å²) in [5.74, 6) is -0.880. The number of nitro benzene ring substituents is 2. The van der Waals surface area contributed by atoms with Crippen LogP contribution in [0, 0.1) is 20.2 Å². The summed E-state index contributed by atoms with van der Waals surface area (Å²) in [6.45, 7) is 0. The molecule has 0 saturated heterocycles. The molecule has 0 aliphatic rings. The van der Waals surface area contributed by atoms with Gasteiger partial charge in [-0.15, -0.1) is 0 Å². The molecule has 8 nitrogen and oxygen atoms in total. The molecule has 0 N–H and O–H groups in total. The highest BCUT2D eigenvalue weighted by molar-refractivity contribution is 7.89. The molecule has 0 fully saturated rings. The first-order valence-electron chi connectivity index (χ1n) is 10.8. The van der Waals surface area contributed by atoms with Crippen molar-refractivity contribution in [3.8, 4) is 22.3 Å². The van der Waals surface area contributed by atoms with E-state index in [1.807, 2.05) is 0 Å². The molecule has 0 bridgehead atoms. The van der Waals surface area contributed by atoms with Crippen LogP contribution in [0.25, 0.3) is 22.3 Å². The molecular weight excluding hydrogens is 539 g/mol. The van der Waals surface area contributed by atoms with Gasteiger partial charge < -0.3 is 0 Å². The summed E-state index contributed by atoms with van der Waals surface area (Å²) < 4.78 is 26.8. The summed E-state index contributed by atoms with van der Waals surface area (Å²) in [7, 11) is -3.87. The maximum absolute atomic E-state index is 13.4. The van der Waals surface area contributed by atoms with E-state index in [0.717, 1.165) is 0 Å². The van der Waals surface area contributed by atoms with Gasteiger partial charge in [0.1, 0.15) is 0 Å². The van der Waals surface area contributed by atoms with Gasteiger partial charge in [0.2, 0.25) is 0 Å². The van der Waals surface area contributed by atoms with Crippen molar-refractivity contribution in [2.75, 3.05) is 0 Å². The van der Waals surface area contributed by atoms with Crippen molar-refractivity contribution in [3.05, 3.63) is 126 Å². The number of benzene rings is 4. The van der Waals surface area contributed by atoms with Gasteiger partial charge in [-0.05, 0) is 58.7 Å². The van der Waals surface area contributed by atoms with Gasteiger partial charge in [0.25, 0.3) is 11.4 Å². The standard InChI is InChI=1S/C26H18Cl2N2O6S/c27-19-11-9-17(23(13-19)21-5-1-3-7-25(21)29(31)32)15-37(35,36)16-18-10-12-20(28)14-24(18)22-6-2-4-8-26(22)30(33)34/h1-14H,15-16H2. The topological polar surface area (TPSA) is 120 Å². The molecule has 4 rings (SSSR count). The molecule has 11 heteroatoms. The van der Waals surface area contributed by atoms with E-state index in [9.17, 15) is 28.6 Å². The number of hydrogen-bond acceptors (Lipinski definition) is 6. The molecule has 0 aliphatic carbocycles. The van der Waals surface area contributed by atoms with E-state index in [2.05, 4.69) is 0 Å². The van der Waals surface area contributed by atoms with E-state index in [0.29, 0.717) is 32.3 Å². The Morgan fingerprint density at radius 1 is 0.595 bits per heavy atom. The van der Waals surface area contributed by atoms with Crippen LogP contribution in [0.15, 0.2) is 84.9 Å².